The first kappa shape index (κ1) is 9.75. The number of nitrogen functional groups attached to an aromatic ring is 1. The van der Waals surface area contributed by atoms with Crippen molar-refractivity contribution in [1.82, 2.24) is 4.98 Å². The minimum atomic E-state index is 0.705. The molecule has 0 aromatic carbocycles. The fourth-order valence-corrected chi connectivity index (χ4v) is 4.34. The van der Waals surface area contributed by atoms with Crippen LogP contribution in [0.5, 0.6) is 0 Å². The molecule has 4 unspecified atom stereocenters. The number of nitrogens with one attached hydrogen (secondary N) is 1. The van der Waals surface area contributed by atoms with Gasteiger partial charge in [0.2, 0.25) is 0 Å². The Kier molecular flexibility index (Phi) is 1.81. The van der Waals surface area contributed by atoms with Gasteiger partial charge in [-0.05, 0) is 62.0 Å². The predicted molar refractivity (Wildman–Crippen MR) is 68.6 cm³/mol. The minimum absolute atomic E-state index is 0.705. The first-order valence-corrected chi connectivity index (χ1v) is 6.73. The van der Waals surface area contributed by atoms with E-state index in [0.717, 1.165) is 40.9 Å². The Morgan fingerprint density at radius 1 is 1.24 bits per heavy atom. The van der Waals surface area contributed by atoms with E-state index in [4.69, 9.17) is 5.73 Å². The van der Waals surface area contributed by atoms with Crippen LogP contribution in [0.25, 0.3) is 0 Å². The molecule has 17 heavy (non-hydrogen) atoms. The zero-order valence-electron chi connectivity index (χ0n) is 10.2. The molecule has 3 fully saturated rings. The summed E-state index contributed by atoms with van der Waals surface area (Å²) in [5.41, 5.74) is 7.51. The summed E-state index contributed by atoms with van der Waals surface area (Å²) >= 11 is 0. The van der Waals surface area contributed by atoms with Crippen LogP contribution >= 0.6 is 0 Å². The molecule has 3 N–H and O–H groups in total. The van der Waals surface area contributed by atoms with Crippen molar-refractivity contribution >= 4 is 11.5 Å². The monoisotopic (exact) mass is 229 g/mol. The van der Waals surface area contributed by atoms with Crippen LogP contribution in [-0.2, 0) is 0 Å². The molecular weight excluding hydrogens is 210 g/mol. The van der Waals surface area contributed by atoms with Crippen LogP contribution in [0.3, 0.4) is 0 Å². The molecule has 0 spiro atoms. The van der Waals surface area contributed by atoms with Gasteiger partial charge in [0, 0.05) is 6.04 Å². The number of anilines is 2. The van der Waals surface area contributed by atoms with Gasteiger partial charge >= 0.3 is 0 Å². The normalized spacial score (nSPS) is 41.4. The molecule has 1 aromatic heterocycles. The van der Waals surface area contributed by atoms with Gasteiger partial charge in [-0.3, -0.25) is 0 Å². The van der Waals surface area contributed by atoms with Crippen LogP contribution in [-0.4, -0.2) is 11.0 Å². The number of nitrogens with two attached hydrogens (primary N) is 1. The maximum Gasteiger partial charge on any atom is 0.126 e. The summed E-state index contributed by atoms with van der Waals surface area (Å²) in [4.78, 5) is 4.51. The van der Waals surface area contributed by atoms with Crippen LogP contribution in [0.4, 0.5) is 11.5 Å². The predicted octanol–water partition coefficient (Wildman–Crippen LogP) is 2.43. The molecule has 3 aliphatic carbocycles. The van der Waals surface area contributed by atoms with Crippen molar-refractivity contribution < 1.29 is 0 Å². The first-order chi connectivity index (χ1) is 8.24. The van der Waals surface area contributed by atoms with Gasteiger partial charge in [0.05, 0.1) is 11.4 Å². The second-order valence-corrected chi connectivity index (χ2v) is 6.03. The van der Waals surface area contributed by atoms with Crippen molar-refractivity contribution in [3.8, 4) is 0 Å². The molecule has 3 nitrogen and oxygen atoms in total. The highest BCUT2D eigenvalue weighted by Gasteiger charge is 2.65. The number of hydrogen-bond acceptors (Lipinski definition) is 3. The third-order valence-electron chi connectivity index (χ3n) is 5.18. The highest BCUT2D eigenvalue weighted by molar-refractivity contribution is 5.50. The molecule has 90 valence electrons. The Morgan fingerprint density at radius 3 is 2.59 bits per heavy atom. The number of hydrogen-bond donors (Lipinski definition) is 2. The number of rotatable bonds is 2. The summed E-state index contributed by atoms with van der Waals surface area (Å²) in [6, 6.07) is 4.67. The van der Waals surface area contributed by atoms with E-state index in [1.807, 2.05) is 19.1 Å². The highest BCUT2D eigenvalue weighted by Crippen LogP contribution is 2.66. The Morgan fingerprint density at radius 2 is 1.94 bits per heavy atom. The molecule has 0 aliphatic heterocycles. The summed E-state index contributed by atoms with van der Waals surface area (Å²) < 4.78 is 0. The third-order valence-corrected chi connectivity index (χ3v) is 5.18. The molecule has 4 atom stereocenters. The SMILES string of the molecule is Cc1nc(NC2C3C4CCC(C4)C23)ccc1N. The van der Waals surface area contributed by atoms with E-state index >= 15 is 0 Å². The molecule has 3 aliphatic rings. The Bertz CT molecular complexity index is 455. The van der Waals surface area contributed by atoms with Gasteiger partial charge < -0.3 is 11.1 Å². The van der Waals surface area contributed by atoms with Crippen molar-refractivity contribution in [2.75, 3.05) is 11.1 Å². The van der Waals surface area contributed by atoms with Crippen molar-refractivity contribution in [1.29, 1.82) is 0 Å². The van der Waals surface area contributed by atoms with Crippen LogP contribution in [0.15, 0.2) is 12.1 Å². The van der Waals surface area contributed by atoms with Crippen molar-refractivity contribution in [3.63, 3.8) is 0 Å². The lowest BCUT2D eigenvalue weighted by Crippen LogP contribution is -2.14. The third kappa shape index (κ3) is 1.31. The zero-order valence-corrected chi connectivity index (χ0v) is 10.2. The van der Waals surface area contributed by atoms with E-state index in [2.05, 4.69) is 10.3 Å². The van der Waals surface area contributed by atoms with E-state index in [9.17, 15) is 0 Å². The summed E-state index contributed by atoms with van der Waals surface area (Å²) in [5.74, 6) is 4.94. The zero-order chi connectivity index (χ0) is 11.6. The Labute approximate surface area is 102 Å². The van der Waals surface area contributed by atoms with Crippen LogP contribution < -0.4 is 11.1 Å². The van der Waals surface area contributed by atoms with Crippen molar-refractivity contribution in [3.05, 3.63) is 17.8 Å². The van der Waals surface area contributed by atoms with Gasteiger partial charge in [-0.2, -0.15) is 0 Å². The standard InChI is InChI=1S/C14H19N3/c1-7-10(15)4-5-11(16-7)17-14-12-8-2-3-9(6-8)13(12)14/h4-5,8-9,12-14H,2-3,6,15H2,1H3,(H,16,17). The summed E-state index contributed by atoms with van der Waals surface area (Å²) in [5, 5.41) is 3.62. The quantitative estimate of drug-likeness (QED) is 0.819. The summed E-state index contributed by atoms with van der Waals surface area (Å²) in [7, 11) is 0. The molecule has 4 rings (SSSR count). The second-order valence-electron chi connectivity index (χ2n) is 6.03. The summed E-state index contributed by atoms with van der Waals surface area (Å²) in [6.07, 6.45) is 4.44. The number of fused-ring (bicyclic) bond motifs is 5. The largest absolute Gasteiger partial charge is 0.397 e. The average molecular weight is 229 g/mol. The molecule has 0 amide bonds. The van der Waals surface area contributed by atoms with Crippen molar-refractivity contribution in [2.45, 2.75) is 32.2 Å². The highest BCUT2D eigenvalue weighted by atomic mass is 15.1. The lowest BCUT2D eigenvalue weighted by Gasteiger charge is -2.12. The molecular formula is C14H19N3. The van der Waals surface area contributed by atoms with Crippen molar-refractivity contribution in [2.24, 2.45) is 23.7 Å². The van der Waals surface area contributed by atoms with Gasteiger partial charge in [0.25, 0.3) is 0 Å². The molecule has 0 radical (unpaired) electrons. The van der Waals surface area contributed by atoms with Gasteiger partial charge in [-0.25, -0.2) is 4.98 Å². The second kappa shape index (κ2) is 3.15. The molecule has 3 saturated carbocycles. The maximum absolute atomic E-state index is 5.79. The Hall–Kier alpha value is -1.25. The molecule has 3 heteroatoms. The molecule has 0 saturated heterocycles. The van der Waals surface area contributed by atoms with Gasteiger partial charge in [-0.1, -0.05) is 0 Å². The van der Waals surface area contributed by atoms with Gasteiger partial charge in [0.1, 0.15) is 5.82 Å². The van der Waals surface area contributed by atoms with E-state index in [1.54, 1.807) is 0 Å². The lowest BCUT2D eigenvalue weighted by molar-refractivity contribution is 0.456. The van der Waals surface area contributed by atoms with E-state index in [0.29, 0.717) is 6.04 Å². The first-order valence-electron chi connectivity index (χ1n) is 6.73. The average Bonchev–Trinajstić information content (AvgIpc) is 2.73. The van der Waals surface area contributed by atoms with Gasteiger partial charge in [0.15, 0.2) is 0 Å². The van der Waals surface area contributed by atoms with Crippen LogP contribution in [0, 0.1) is 30.6 Å². The van der Waals surface area contributed by atoms with Crippen LogP contribution in [0.2, 0.25) is 0 Å². The van der Waals surface area contributed by atoms with Crippen LogP contribution in [0.1, 0.15) is 25.0 Å². The Balaban J connectivity index is 1.51. The maximum atomic E-state index is 5.79. The lowest BCUT2D eigenvalue weighted by atomic mass is 10.0. The number of nitrogens with zero attached hydrogens (tertiary/aromatic N) is 1. The fourth-order valence-electron chi connectivity index (χ4n) is 4.34. The minimum Gasteiger partial charge on any atom is -0.397 e. The number of aromatic nitrogens is 1. The smallest absolute Gasteiger partial charge is 0.126 e. The van der Waals surface area contributed by atoms with E-state index < -0.39 is 0 Å². The topological polar surface area (TPSA) is 50.9 Å². The molecule has 2 bridgehead atoms. The molecule has 1 heterocycles. The fraction of sp³-hybridized carbons (Fsp3) is 0.643. The van der Waals surface area contributed by atoms with E-state index in [-0.39, 0.29) is 0 Å². The number of aryl methyl sites for hydroxylation is 1. The molecule has 1 aromatic rings. The van der Waals surface area contributed by atoms with Gasteiger partial charge in [-0.15, -0.1) is 0 Å². The number of pyridine rings is 1. The van der Waals surface area contributed by atoms with E-state index in [1.165, 1.54) is 19.3 Å². The summed E-state index contributed by atoms with van der Waals surface area (Å²) in [6.45, 7) is 1.97.